The van der Waals surface area contributed by atoms with E-state index in [1.165, 1.54) is 0 Å². The van der Waals surface area contributed by atoms with E-state index in [1.807, 2.05) is 66.2 Å². The Hall–Kier alpha value is -3.88. The van der Waals surface area contributed by atoms with Crippen LogP contribution in [0.15, 0.2) is 78.9 Å². The molecule has 0 spiro atoms. The zero-order valence-corrected chi connectivity index (χ0v) is 23.9. The van der Waals surface area contributed by atoms with E-state index >= 15 is 0 Å². The van der Waals surface area contributed by atoms with Crippen molar-refractivity contribution < 1.29 is 14.3 Å². The highest BCUT2D eigenvalue weighted by molar-refractivity contribution is 8.00. The number of para-hydroxylation sites is 1. The van der Waals surface area contributed by atoms with Crippen molar-refractivity contribution in [1.29, 1.82) is 0 Å². The molecule has 0 aliphatic carbocycles. The molecule has 1 atom stereocenters. The number of hydrogen-bond acceptors (Lipinski definition) is 5. The molecule has 5 rings (SSSR count). The largest absolute Gasteiger partial charge is 0.385 e. The minimum absolute atomic E-state index is 0.0916. The second-order valence-corrected chi connectivity index (χ2v) is 11.0. The van der Waals surface area contributed by atoms with Gasteiger partial charge in [0.15, 0.2) is 0 Å². The lowest BCUT2D eigenvalue weighted by Gasteiger charge is -2.23. The van der Waals surface area contributed by atoms with Crippen LogP contribution in [-0.4, -0.2) is 54.2 Å². The van der Waals surface area contributed by atoms with Gasteiger partial charge >= 0.3 is 0 Å². The summed E-state index contributed by atoms with van der Waals surface area (Å²) in [6.07, 6.45) is 0.700. The average molecular weight is 555 g/mol. The second kappa shape index (κ2) is 12.5. The molecule has 0 saturated heterocycles. The summed E-state index contributed by atoms with van der Waals surface area (Å²) in [6, 6.07) is 26.5. The molecule has 0 bridgehead atoms. The van der Waals surface area contributed by atoms with Crippen molar-refractivity contribution in [3.8, 4) is 16.9 Å². The summed E-state index contributed by atoms with van der Waals surface area (Å²) in [5.74, 6) is 0.546. The maximum Gasteiger partial charge on any atom is 0.240 e. The number of ether oxygens (including phenoxy) is 1. The Bertz CT molecular complexity index is 1500. The van der Waals surface area contributed by atoms with Gasteiger partial charge in [-0.2, -0.15) is 5.10 Å². The van der Waals surface area contributed by atoms with E-state index in [9.17, 15) is 9.59 Å². The molecule has 1 aliphatic rings. The van der Waals surface area contributed by atoms with Gasteiger partial charge in [0.05, 0.1) is 22.4 Å². The van der Waals surface area contributed by atoms with Crippen LogP contribution in [0.5, 0.6) is 0 Å². The molecule has 7 nitrogen and oxygen atoms in total. The molecule has 2 amide bonds. The number of methoxy groups -OCH3 is 1. The number of benzene rings is 3. The average Bonchev–Trinajstić information content (AvgIpc) is 3.28. The highest BCUT2D eigenvalue weighted by atomic mass is 32.2. The Kier molecular flexibility index (Phi) is 8.67. The molecule has 0 unspecified atom stereocenters. The third kappa shape index (κ3) is 5.83. The van der Waals surface area contributed by atoms with Crippen LogP contribution in [0.1, 0.15) is 33.9 Å². The number of thioether (sulfide) groups is 1. The van der Waals surface area contributed by atoms with Crippen molar-refractivity contribution >= 4 is 29.4 Å². The molecule has 0 saturated carbocycles. The van der Waals surface area contributed by atoms with Crippen LogP contribution in [0.3, 0.4) is 0 Å². The first-order valence-electron chi connectivity index (χ1n) is 13.5. The molecule has 0 radical (unpaired) electrons. The summed E-state index contributed by atoms with van der Waals surface area (Å²) in [4.78, 5) is 28.6. The minimum atomic E-state index is -0.215. The Morgan fingerprint density at radius 3 is 2.58 bits per heavy atom. The summed E-state index contributed by atoms with van der Waals surface area (Å²) in [5, 5.41) is 7.97. The van der Waals surface area contributed by atoms with Gasteiger partial charge in [-0.25, -0.2) is 4.68 Å². The third-order valence-corrected chi connectivity index (χ3v) is 8.23. The maximum atomic E-state index is 13.8. The van der Waals surface area contributed by atoms with E-state index in [0.717, 1.165) is 39.2 Å². The monoisotopic (exact) mass is 554 g/mol. The van der Waals surface area contributed by atoms with E-state index in [4.69, 9.17) is 9.84 Å². The normalized spacial score (nSPS) is 15.0. The number of anilines is 1. The summed E-state index contributed by atoms with van der Waals surface area (Å²) in [6.45, 7) is 5.05. The summed E-state index contributed by atoms with van der Waals surface area (Å²) < 4.78 is 6.97. The fourth-order valence-corrected chi connectivity index (χ4v) is 6.23. The van der Waals surface area contributed by atoms with Crippen LogP contribution in [0, 0.1) is 13.8 Å². The fraction of sp³-hybridized carbons (Fsp3) is 0.281. The molecule has 2 heterocycles. The number of amides is 2. The van der Waals surface area contributed by atoms with Gasteiger partial charge in [0.1, 0.15) is 12.4 Å². The van der Waals surface area contributed by atoms with Crippen LogP contribution in [0.4, 0.5) is 5.82 Å². The van der Waals surface area contributed by atoms with Gasteiger partial charge in [0, 0.05) is 31.4 Å². The summed E-state index contributed by atoms with van der Waals surface area (Å²) >= 11 is 1.58. The lowest BCUT2D eigenvalue weighted by molar-refractivity contribution is -0.122. The van der Waals surface area contributed by atoms with E-state index in [0.29, 0.717) is 25.4 Å². The van der Waals surface area contributed by atoms with Gasteiger partial charge in [-0.3, -0.25) is 14.5 Å². The van der Waals surface area contributed by atoms with Crippen molar-refractivity contribution in [3.05, 3.63) is 101 Å². The van der Waals surface area contributed by atoms with Crippen LogP contribution in [0.2, 0.25) is 0 Å². The molecule has 1 aliphatic heterocycles. The lowest BCUT2D eigenvalue weighted by atomic mass is 9.98. The molecular weight excluding hydrogens is 520 g/mol. The van der Waals surface area contributed by atoms with Gasteiger partial charge in [-0.1, -0.05) is 78.4 Å². The van der Waals surface area contributed by atoms with E-state index in [1.54, 1.807) is 23.8 Å². The highest BCUT2D eigenvalue weighted by Crippen LogP contribution is 2.48. The number of nitrogens with zero attached hydrogens (tertiary/aromatic N) is 3. The van der Waals surface area contributed by atoms with Crippen molar-refractivity contribution in [2.45, 2.75) is 25.5 Å². The maximum absolute atomic E-state index is 13.8. The van der Waals surface area contributed by atoms with Gasteiger partial charge in [-0.15, -0.1) is 11.8 Å². The first kappa shape index (κ1) is 27.7. The highest BCUT2D eigenvalue weighted by Gasteiger charge is 2.37. The van der Waals surface area contributed by atoms with Gasteiger partial charge in [0.25, 0.3) is 0 Å². The number of rotatable bonds is 9. The fourth-order valence-electron chi connectivity index (χ4n) is 5.04. The zero-order valence-electron chi connectivity index (χ0n) is 23.1. The summed E-state index contributed by atoms with van der Waals surface area (Å²) in [7, 11) is 1.64. The van der Waals surface area contributed by atoms with E-state index in [2.05, 4.69) is 36.5 Å². The van der Waals surface area contributed by atoms with Crippen molar-refractivity contribution in [1.82, 2.24) is 15.1 Å². The molecule has 0 fully saturated rings. The number of carbonyl (C=O) groups excluding carboxylic acids is 2. The Labute approximate surface area is 239 Å². The van der Waals surface area contributed by atoms with E-state index in [-0.39, 0.29) is 29.4 Å². The number of aromatic nitrogens is 2. The lowest BCUT2D eigenvalue weighted by Crippen LogP contribution is -2.42. The smallest absolute Gasteiger partial charge is 0.240 e. The van der Waals surface area contributed by atoms with Gasteiger partial charge in [0.2, 0.25) is 11.8 Å². The third-order valence-electron chi connectivity index (χ3n) is 6.97. The zero-order chi connectivity index (χ0) is 28.1. The van der Waals surface area contributed by atoms with Crippen molar-refractivity contribution in [2.75, 3.05) is 37.5 Å². The Balaban J connectivity index is 1.72. The molecule has 1 N–H and O–H groups in total. The predicted octanol–water partition coefficient (Wildman–Crippen LogP) is 5.48. The standard InChI is InChI=1S/C32H34N4O3S/c1-22-11-9-15-25(19-22)31-29-30(24-13-5-4-6-14-24)34-36(26-16-8-7-12-23(26)2)32(29)35(28(38)21-40-31)20-27(37)33-17-10-18-39-3/h4-9,11-16,19,31H,10,17-18,20-21H2,1-3H3,(H,33,37)/t31-/m0/s1. The predicted molar refractivity (Wildman–Crippen MR) is 161 cm³/mol. The number of aryl methyl sites for hydroxylation is 2. The van der Waals surface area contributed by atoms with E-state index < -0.39 is 0 Å². The van der Waals surface area contributed by atoms with Crippen LogP contribution in [-0.2, 0) is 14.3 Å². The Morgan fingerprint density at radius 1 is 1.05 bits per heavy atom. The van der Waals surface area contributed by atoms with Crippen LogP contribution < -0.4 is 10.2 Å². The minimum Gasteiger partial charge on any atom is -0.385 e. The number of nitrogens with one attached hydrogen (secondary N) is 1. The molecule has 40 heavy (non-hydrogen) atoms. The SMILES string of the molecule is COCCCNC(=O)CN1C(=O)CS[C@@H](c2cccc(C)c2)c2c(-c3ccccc3)nn(-c3ccccc3C)c21. The first-order valence-corrected chi connectivity index (χ1v) is 14.5. The second-order valence-electron chi connectivity index (χ2n) is 9.93. The molecule has 8 heteroatoms. The molecule has 206 valence electrons. The van der Waals surface area contributed by atoms with Gasteiger partial charge in [-0.05, 0) is 37.5 Å². The number of hydrogen-bond donors (Lipinski definition) is 1. The molecule has 4 aromatic rings. The molecule has 3 aromatic carbocycles. The first-order chi connectivity index (χ1) is 19.5. The summed E-state index contributed by atoms with van der Waals surface area (Å²) in [5.41, 5.74) is 6.84. The number of fused-ring (bicyclic) bond motifs is 1. The van der Waals surface area contributed by atoms with Gasteiger partial charge < -0.3 is 10.1 Å². The van der Waals surface area contributed by atoms with Crippen molar-refractivity contribution in [2.24, 2.45) is 0 Å². The van der Waals surface area contributed by atoms with Crippen LogP contribution in [0.25, 0.3) is 16.9 Å². The topological polar surface area (TPSA) is 76.5 Å². The van der Waals surface area contributed by atoms with Crippen LogP contribution >= 0.6 is 11.8 Å². The molecule has 1 aromatic heterocycles. The van der Waals surface area contributed by atoms with Crippen molar-refractivity contribution in [3.63, 3.8) is 0 Å². The quantitative estimate of drug-likeness (QED) is 0.278. The Morgan fingerprint density at radius 2 is 1.82 bits per heavy atom. The number of carbonyl (C=O) groups is 2. The molecular formula is C32H34N4O3S.